The van der Waals surface area contributed by atoms with Crippen LogP contribution in [0.2, 0.25) is 0 Å². The van der Waals surface area contributed by atoms with Crippen molar-refractivity contribution in [1.29, 1.82) is 0 Å². The SMILES string of the molecule is CCCCCCCCNC(=O)c1sc(N(C)C)nc1N. The number of rotatable bonds is 9. The monoisotopic (exact) mass is 298 g/mol. The van der Waals surface area contributed by atoms with Crippen molar-refractivity contribution in [2.24, 2.45) is 0 Å². The maximum absolute atomic E-state index is 12.0. The van der Waals surface area contributed by atoms with Gasteiger partial charge in [-0.25, -0.2) is 4.98 Å². The molecular formula is C14H26N4OS. The molecule has 0 aliphatic rings. The first kappa shape index (κ1) is 16.8. The number of carbonyl (C=O) groups is 1. The van der Waals surface area contributed by atoms with Crippen molar-refractivity contribution in [3.8, 4) is 0 Å². The quantitative estimate of drug-likeness (QED) is 0.688. The molecule has 0 saturated carbocycles. The molecule has 1 aromatic heterocycles. The number of nitrogens with two attached hydrogens (primary N) is 1. The number of anilines is 2. The Morgan fingerprint density at radius 3 is 2.50 bits per heavy atom. The number of carbonyl (C=O) groups excluding carboxylic acids is 1. The Morgan fingerprint density at radius 2 is 1.90 bits per heavy atom. The second-order valence-electron chi connectivity index (χ2n) is 5.13. The molecule has 1 amide bonds. The molecule has 0 aliphatic carbocycles. The van der Waals surface area contributed by atoms with Crippen LogP contribution in [0.4, 0.5) is 10.9 Å². The van der Waals surface area contributed by atoms with Crippen molar-refractivity contribution < 1.29 is 4.79 Å². The van der Waals surface area contributed by atoms with Gasteiger partial charge in [-0.05, 0) is 6.42 Å². The first-order valence-corrected chi connectivity index (χ1v) is 8.09. The van der Waals surface area contributed by atoms with Gasteiger partial charge in [-0.2, -0.15) is 0 Å². The van der Waals surface area contributed by atoms with Crippen LogP contribution in [0.25, 0.3) is 0 Å². The van der Waals surface area contributed by atoms with E-state index in [1.807, 2.05) is 19.0 Å². The van der Waals surface area contributed by atoms with Gasteiger partial charge in [-0.1, -0.05) is 50.4 Å². The highest BCUT2D eigenvalue weighted by atomic mass is 32.1. The first-order chi connectivity index (χ1) is 9.56. The average Bonchev–Trinajstić information content (AvgIpc) is 2.80. The molecular weight excluding hydrogens is 272 g/mol. The van der Waals surface area contributed by atoms with E-state index in [1.54, 1.807) is 0 Å². The molecule has 1 aromatic rings. The summed E-state index contributed by atoms with van der Waals surface area (Å²) in [7, 11) is 3.77. The summed E-state index contributed by atoms with van der Waals surface area (Å²) in [4.78, 5) is 18.5. The molecule has 0 spiro atoms. The van der Waals surface area contributed by atoms with E-state index in [2.05, 4.69) is 17.2 Å². The van der Waals surface area contributed by atoms with Crippen molar-refractivity contribution in [3.05, 3.63) is 4.88 Å². The van der Waals surface area contributed by atoms with E-state index in [-0.39, 0.29) is 5.91 Å². The molecule has 0 unspecified atom stereocenters. The number of thiazole rings is 1. The lowest BCUT2D eigenvalue weighted by molar-refractivity contribution is 0.0957. The molecule has 0 bridgehead atoms. The van der Waals surface area contributed by atoms with Gasteiger partial charge in [0.25, 0.3) is 5.91 Å². The van der Waals surface area contributed by atoms with Gasteiger partial charge < -0.3 is 16.0 Å². The Kier molecular flexibility index (Phi) is 7.36. The number of hydrogen-bond acceptors (Lipinski definition) is 5. The Balaban J connectivity index is 2.29. The molecule has 1 heterocycles. The zero-order valence-electron chi connectivity index (χ0n) is 12.7. The number of nitrogens with one attached hydrogen (secondary N) is 1. The maximum Gasteiger partial charge on any atom is 0.265 e. The van der Waals surface area contributed by atoms with Crippen LogP contribution >= 0.6 is 11.3 Å². The summed E-state index contributed by atoms with van der Waals surface area (Å²) in [6.07, 6.45) is 7.29. The zero-order chi connectivity index (χ0) is 15.0. The third kappa shape index (κ3) is 5.36. The van der Waals surface area contributed by atoms with Crippen molar-refractivity contribution in [3.63, 3.8) is 0 Å². The van der Waals surface area contributed by atoms with E-state index < -0.39 is 0 Å². The van der Waals surface area contributed by atoms with E-state index >= 15 is 0 Å². The summed E-state index contributed by atoms with van der Waals surface area (Å²) in [5, 5.41) is 3.67. The molecule has 0 radical (unpaired) electrons. The second-order valence-corrected chi connectivity index (χ2v) is 6.11. The Bertz CT molecular complexity index is 417. The van der Waals surface area contributed by atoms with Gasteiger partial charge in [0.1, 0.15) is 10.7 Å². The number of unbranched alkanes of at least 4 members (excludes halogenated alkanes) is 5. The van der Waals surface area contributed by atoms with Gasteiger partial charge in [0.05, 0.1) is 0 Å². The van der Waals surface area contributed by atoms with E-state index in [0.717, 1.165) is 11.6 Å². The molecule has 0 aliphatic heterocycles. The minimum atomic E-state index is -0.110. The van der Waals surface area contributed by atoms with Crippen LogP contribution in [0.15, 0.2) is 0 Å². The number of nitrogens with zero attached hydrogens (tertiary/aromatic N) is 2. The number of amides is 1. The largest absolute Gasteiger partial charge is 0.382 e. The van der Waals surface area contributed by atoms with E-state index in [0.29, 0.717) is 17.2 Å². The van der Waals surface area contributed by atoms with Gasteiger partial charge in [-0.15, -0.1) is 0 Å². The van der Waals surface area contributed by atoms with Gasteiger partial charge in [0.2, 0.25) is 0 Å². The molecule has 5 nitrogen and oxygen atoms in total. The first-order valence-electron chi connectivity index (χ1n) is 7.28. The molecule has 3 N–H and O–H groups in total. The molecule has 0 fully saturated rings. The van der Waals surface area contributed by atoms with Crippen LogP contribution < -0.4 is 16.0 Å². The van der Waals surface area contributed by atoms with E-state index in [1.165, 1.54) is 43.4 Å². The lowest BCUT2D eigenvalue weighted by Crippen LogP contribution is -2.24. The number of nitrogen functional groups attached to an aromatic ring is 1. The Labute approximate surface area is 125 Å². The van der Waals surface area contributed by atoms with Crippen LogP contribution in [-0.4, -0.2) is 31.5 Å². The van der Waals surface area contributed by atoms with Crippen molar-refractivity contribution in [1.82, 2.24) is 10.3 Å². The van der Waals surface area contributed by atoms with E-state index in [9.17, 15) is 4.79 Å². The minimum absolute atomic E-state index is 0.110. The fraction of sp³-hybridized carbons (Fsp3) is 0.714. The van der Waals surface area contributed by atoms with Crippen molar-refractivity contribution >= 4 is 28.2 Å². The summed E-state index contributed by atoms with van der Waals surface area (Å²) >= 11 is 1.33. The average molecular weight is 298 g/mol. The van der Waals surface area contributed by atoms with Crippen LogP contribution in [0.1, 0.15) is 55.1 Å². The van der Waals surface area contributed by atoms with Crippen molar-refractivity contribution in [2.75, 3.05) is 31.3 Å². The van der Waals surface area contributed by atoms with E-state index in [4.69, 9.17) is 5.73 Å². The van der Waals surface area contributed by atoms with Gasteiger partial charge in [-0.3, -0.25) is 4.79 Å². The summed E-state index contributed by atoms with van der Waals surface area (Å²) in [5.74, 6) is 0.209. The fourth-order valence-electron chi connectivity index (χ4n) is 1.86. The normalized spacial score (nSPS) is 10.6. The summed E-state index contributed by atoms with van der Waals surface area (Å²) in [5.41, 5.74) is 5.78. The lowest BCUT2D eigenvalue weighted by atomic mass is 10.1. The van der Waals surface area contributed by atoms with Crippen LogP contribution in [-0.2, 0) is 0 Å². The Morgan fingerprint density at radius 1 is 1.25 bits per heavy atom. The number of aromatic nitrogens is 1. The van der Waals surface area contributed by atoms with Crippen LogP contribution in [0.3, 0.4) is 0 Å². The smallest absolute Gasteiger partial charge is 0.265 e. The number of hydrogen-bond donors (Lipinski definition) is 2. The molecule has 1 rings (SSSR count). The Hall–Kier alpha value is -1.30. The van der Waals surface area contributed by atoms with Crippen molar-refractivity contribution in [2.45, 2.75) is 45.4 Å². The lowest BCUT2D eigenvalue weighted by Gasteiger charge is -2.05. The summed E-state index contributed by atoms with van der Waals surface area (Å²) < 4.78 is 0. The highest BCUT2D eigenvalue weighted by Gasteiger charge is 2.16. The third-order valence-electron chi connectivity index (χ3n) is 3.05. The predicted octanol–water partition coefficient (Wildman–Crippen LogP) is 2.88. The highest BCUT2D eigenvalue weighted by molar-refractivity contribution is 7.18. The minimum Gasteiger partial charge on any atom is -0.382 e. The zero-order valence-corrected chi connectivity index (χ0v) is 13.6. The summed E-state index contributed by atoms with van der Waals surface area (Å²) in [6.45, 7) is 2.92. The molecule has 0 aromatic carbocycles. The molecule has 20 heavy (non-hydrogen) atoms. The van der Waals surface area contributed by atoms with Crippen LogP contribution in [0.5, 0.6) is 0 Å². The van der Waals surface area contributed by atoms with Gasteiger partial charge in [0.15, 0.2) is 5.13 Å². The van der Waals surface area contributed by atoms with Gasteiger partial charge >= 0.3 is 0 Å². The standard InChI is InChI=1S/C14H26N4OS/c1-4-5-6-7-8-9-10-16-13(19)11-12(15)17-14(20-11)18(2)3/h4-10,15H2,1-3H3,(H,16,19). The van der Waals surface area contributed by atoms with Gasteiger partial charge in [0, 0.05) is 20.6 Å². The predicted molar refractivity (Wildman–Crippen MR) is 86.6 cm³/mol. The third-order valence-corrected chi connectivity index (χ3v) is 4.28. The maximum atomic E-state index is 12.0. The highest BCUT2D eigenvalue weighted by Crippen LogP contribution is 2.26. The fourth-order valence-corrected chi connectivity index (χ4v) is 2.69. The summed E-state index contributed by atoms with van der Waals surface area (Å²) in [6, 6.07) is 0. The second kappa shape index (κ2) is 8.79. The topological polar surface area (TPSA) is 71.2 Å². The molecule has 114 valence electrons. The molecule has 6 heteroatoms. The molecule has 0 saturated heterocycles. The van der Waals surface area contributed by atoms with Crippen LogP contribution in [0, 0.1) is 0 Å². The molecule has 0 atom stereocenters.